The second-order valence-electron chi connectivity index (χ2n) is 5.07. The number of hydrogen-bond donors (Lipinski definition) is 1. The number of nitrogens with zero attached hydrogens (tertiary/aromatic N) is 1. The number of benzene rings is 2. The van der Waals surface area contributed by atoms with Gasteiger partial charge in [0.05, 0.1) is 4.92 Å². The first kappa shape index (κ1) is 17.2. The first-order chi connectivity index (χ1) is 11.5. The maximum Gasteiger partial charge on any atom is 0.344 e. The number of carboxylic acid groups (broad SMARTS) is 1. The Kier molecular flexibility index (Phi) is 5.68. The second-order valence-corrected chi connectivity index (χ2v) is 5.07. The number of hydrogen-bond acceptors (Lipinski definition) is 4. The van der Waals surface area contributed by atoms with Gasteiger partial charge in [0.25, 0.3) is 5.69 Å². The molecule has 6 nitrogen and oxygen atoms in total. The lowest BCUT2D eigenvalue weighted by Gasteiger charge is -2.15. The number of ether oxygens (including phenoxy) is 1. The van der Waals surface area contributed by atoms with Crippen molar-refractivity contribution in [2.75, 3.05) is 0 Å². The van der Waals surface area contributed by atoms with Gasteiger partial charge in [0.2, 0.25) is 0 Å². The minimum atomic E-state index is -1.01. The zero-order chi connectivity index (χ0) is 17.5. The summed E-state index contributed by atoms with van der Waals surface area (Å²) < 4.78 is 5.56. The summed E-state index contributed by atoms with van der Waals surface area (Å²) in [6, 6.07) is 13.3. The summed E-state index contributed by atoms with van der Waals surface area (Å²) in [5, 5.41) is 19.8. The molecule has 0 spiro atoms. The van der Waals surface area contributed by atoms with Crippen molar-refractivity contribution >= 4 is 23.8 Å². The van der Waals surface area contributed by atoms with Crippen molar-refractivity contribution < 1.29 is 19.6 Å². The largest absolute Gasteiger partial charge is 0.479 e. The second kappa shape index (κ2) is 7.92. The van der Waals surface area contributed by atoms with Crippen LogP contribution in [0, 0.1) is 10.1 Å². The van der Waals surface area contributed by atoms with Crippen LogP contribution in [0.1, 0.15) is 24.5 Å². The van der Waals surface area contributed by atoms with E-state index in [1.54, 1.807) is 43.3 Å². The number of para-hydroxylation sites is 1. The van der Waals surface area contributed by atoms with Crippen molar-refractivity contribution in [2.45, 2.75) is 19.4 Å². The predicted octanol–water partition coefficient (Wildman–Crippen LogP) is 4.01. The molecule has 0 saturated carbocycles. The topological polar surface area (TPSA) is 89.7 Å². The molecule has 6 heteroatoms. The lowest BCUT2D eigenvalue weighted by molar-refractivity contribution is -0.384. The Morgan fingerprint density at radius 1 is 1.21 bits per heavy atom. The maximum atomic E-state index is 11.1. The average Bonchev–Trinajstić information content (AvgIpc) is 2.58. The monoisotopic (exact) mass is 327 g/mol. The van der Waals surface area contributed by atoms with Gasteiger partial charge in [-0.3, -0.25) is 10.1 Å². The Labute approximate surface area is 139 Å². The van der Waals surface area contributed by atoms with E-state index in [0.717, 1.165) is 11.1 Å². The molecule has 1 unspecified atom stereocenters. The summed E-state index contributed by atoms with van der Waals surface area (Å²) in [7, 11) is 0. The van der Waals surface area contributed by atoms with Crippen molar-refractivity contribution in [1.29, 1.82) is 0 Å². The summed E-state index contributed by atoms with van der Waals surface area (Å²) in [5.41, 5.74) is 1.55. The van der Waals surface area contributed by atoms with E-state index >= 15 is 0 Å². The predicted molar refractivity (Wildman–Crippen MR) is 90.8 cm³/mol. The number of aliphatic carboxylic acids is 1. The van der Waals surface area contributed by atoms with Crippen LogP contribution in [-0.4, -0.2) is 22.1 Å². The van der Waals surface area contributed by atoms with Gasteiger partial charge in [0, 0.05) is 17.7 Å². The van der Waals surface area contributed by atoms with Gasteiger partial charge in [-0.25, -0.2) is 4.79 Å². The fourth-order valence-corrected chi connectivity index (χ4v) is 2.08. The van der Waals surface area contributed by atoms with Crippen LogP contribution in [0.4, 0.5) is 5.69 Å². The van der Waals surface area contributed by atoms with Crippen molar-refractivity contribution in [2.24, 2.45) is 0 Å². The van der Waals surface area contributed by atoms with Gasteiger partial charge in [-0.2, -0.15) is 0 Å². The van der Waals surface area contributed by atoms with Crippen LogP contribution in [0.2, 0.25) is 0 Å². The molecule has 0 radical (unpaired) electrons. The maximum absolute atomic E-state index is 11.1. The highest BCUT2D eigenvalue weighted by atomic mass is 16.6. The van der Waals surface area contributed by atoms with E-state index < -0.39 is 17.0 Å². The number of carbonyl (C=O) groups is 1. The first-order valence-corrected chi connectivity index (χ1v) is 7.42. The molecule has 0 saturated heterocycles. The van der Waals surface area contributed by atoms with Gasteiger partial charge in [-0.1, -0.05) is 37.3 Å². The van der Waals surface area contributed by atoms with E-state index in [2.05, 4.69) is 0 Å². The fourth-order valence-electron chi connectivity index (χ4n) is 2.08. The molecule has 0 bridgehead atoms. The zero-order valence-electron chi connectivity index (χ0n) is 13.1. The zero-order valence-corrected chi connectivity index (χ0v) is 13.1. The van der Waals surface area contributed by atoms with Crippen molar-refractivity contribution in [1.82, 2.24) is 0 Å². The molecule has 2 rings (SSSR count). The number of nitro groups is 1. The molecule has 0 fully saturated rings. The SMILES string of the molecule is CCC(Oc1ccccc1C=Cc1ccc([N+](=O)[O-])cc1)C(=O)O. The third kappa shape index (κ3) is 4.42. The van der Waals surface area contributed by atoms with Crippen LogP contribution in [0.25, 0.3) is 12.2 Å². The smallest absolute Gasteiger partial charge is 0.344 e. The van der Waals surface area contributed by atoms with Gasteiger partial charge in [-0.15, -0.1) is 0 Å². The summed E-state index contributed by atoms with van der Waals surface area (Å²) in [6.07, 6.45) is 3.02. The van der Waals surface area contributed by atoms with E-state index in [-0.39, 0.29) is 5.69 Å². The molecule has 1 atom stereocenters. The fraction of sp³-hybridized carbons (Fsp3) is 0.167. The molecule has 0 aromatic heterocycles. The Bertz CT molecular complexity index is 752. The van der Waals surface area contributed by atoms with Crippen molar-refractivity contribution in [3.63, 3.8) is 0 Å². The molecule has 0 aliphatic rings. The molecule has 0 aliphatic carbocycles. The molecule has 0 heterocycles. The first-order valence-electron chi connectivity index (χ1n) is 7.42. The third-order valence-electron chi connectivity index (χ3n) is 3.39. The van der Waals surface area contributed by atoms with Gasteiger partial charge in [0.15, 0.2) is 6.10 Å². The van der Waals surface area contributed by atoms with E-state index in [1.807, 2.05) is 12.1 Å². The van der Waals surface area contributed by atoms with Gasteiger partial charge in [0.1, 0.15) is 5.75 Å². The molecular weight excluding hydrogens is 310 g/mol. The molecule has 1 N–H and O–H groups in total. The highest BCUT2D eigenvalue weighted by Gasteiger charge is 2.17. The average molecular weight is 327 g/mol. The quantitative estimate of drug-likeness (QED) is 0.471. The standard InChI is InChI=1S/C18H17NO5/c1-2-16(18(20)21)24-17-6-4-3-5-14(17)10-7-13-8-11-15(12-9-13)19(22)23/h3-12,16H,2H2,1H3,(H,20,21). The van der Waals surface area contributed by atoms with E-state index in [0.29, 0.717) is 12.2 Å². The Morgan fingerprint density at radius 2 is 1.88 bits per heavy atom. The van der Waals surface area contributed by atoms with Gasteiger partial charge in [-0.05, 0) is 30.2 Å². The number of non-ortho nitro benzene ring substituents is 1. The van der Waals surface area contributed by atoms with E-state index in [4.69, 9.17) is 9.84 Å². The lowest BCUT2D eigenvalue weighted by Crippen LogP contribution is -2.26. The number of rotatable bonds is 7. The highest BCUT2D eigenvalue weighted by molar-refractivity contribution is 5.75. The van der Waals surface area contributed by atoms with Crippen LogP contribution < -0.4 is 4.74 Å². The summed E-state index contributed by atoms with van der Waals surface area (Å²) in [4.78, 5) is 21.3. The van der Waals surface area contributed by atoms with Crippen LogP contribution in [0.3, 0.4) is 0 Å². The van der Waals surface area contributed by atoms with Crippen LogP contribution in [-0.2, 0) is 4.79 Å². The Morgan fingerprint density at radius 3 is 2.46 bits per heavy atom. The molecule has 24 heavy (non-hydrogen) atoms. The normalized spacial score (nSPS) is 12.0. The molecule has 124 valence electrons. The van der Waals surface area contributed by atoms with Crippen LogP contribution in [0.15, 0.2) is 48.5 Å². The minimum absolute atomic E-state index is 0.0307. The molecule has 0 aliphatic heterocycles. The Hall–Kier alpha value is -3.15. The molecule has 2 aromatic carbocycles. The third-order valence-corrected chi connectivity index (χ3v) is 3.39. The number of nitro benzene ring substituents is 1. The van der Waals surface area contributed by atoms with Crippen LogP contribution >= 0.6 is 0 Å². The molecular formula is C18H17NO5. The van der Waals surface area contributed by atoms with E-state index in [1.165, 1.54) is 12.1 Å². The minimum Gasteiger partial charge on any atom is -0.479 e. The van der Waals surface area contributed by atoms with Gasteiger partial charge >= 0.3 is 5.97 Å². The summed E-state index contributed by atoms with van der Waals surface area (Å²) >= 11 is 0. The molecule has 0 amide bonds. The lowest BCUT2D eigenvalue weighted by atomic mass is 10.1. The summed E-state index contributed by atoms with van der Waals surface area (Å²) in [5.74, 6) is -0.531. The van der Waals surface area contributed by atoms with Gasteiger partial charge < -0.3 is 9.84 Å². The highest BCUT2D eigenvalue weighted by Crippen LogP contribution is 2.23. The number of carboxylic acids is 1. The van der Waals surface area contributed by atoms with Crippen LogP contribution in [0.5, 0.6) is 5.75 Å². The van der Waals surface area contributed by atoms with Crippen molar-refractivity contribution in [3.05, 3.63) is 69.8 Å². The Balaban J connectivity index is 2.20. The summed E-state index contributed by atoms with van der Waals surface area (Å²) in [6.45, 7) is 1.74. The van der Waals surface area contributed by atoms with E-state index in [9.17, 15) is 14.9 Å². The van der Waals surface area contributed by atoms with Crippen molar-refractivity contribution in [3.8, 4) is 5.75 Å². The molecule has 2 aromatic rings.